The van der Waals surface area contributed by atoms with Crippen molar-refractivity contribution in [3.8, 4) is 0 Å². The number of hydrogen-bond donors (Lipinski definition) is 0. The fourth-order valence-electron chi connectivity index (χ4n) is 17.2. The van der Waals surface area contributed by atoms with Gasteiger partial charge in [0.05, 0.1) is 66.1 Å². The lowest BCUT2D eigenvalue weighted by atomic mass is 10.0. The maximum absolute atomic E-state index is 11.9. The molecule has 0 aromatic heterocycles. The number of hydrogen-bond acceptors (Lipinski definition) is 20. The molecule has 0 atom stereocenters. The van der Waals surface area contributed by atoms with Crippen molar-refractivity contribution < 1.29 is 95.0 Å². The van der Waals surface area contributed by atoms with E-state index in [9.17, 15) is 24.0 Å². The highest BCUT2D eigenvalue weighted by Crippen LogP contribution is 2.26. The normalized spacial score (nSPS) is 20.0. The van der Waals surface area contributed by atoms with Crippen molar-refractivity contribution in [1.29, 1.82) is 0 Å². The Labute approximate surface area is 878 Å². The van der Waals surface area contributed by atoms with Crippen LogP contribution >= 0.6 is 0 Å². The molecule has 5 fully saturated rings. The number of esters is 5. The van der Waals surface area contributed by atoms with Gasteiger partial charge in [-0.25, -0.2) is 0 Å². The fraction of sp³-hybridized carbons (Fsp3) is 0.862. The Morgan fingerprint density at radius 3 is 0.490 bits per heavy atom. The molecular weight excluding hydrogens is 1800 g/mol. The second-order valence-corrected chi connectivity index (χ2v) is 42.6. The highest BCUT2D eigenvalue weighted by molar-refractivity contribution is 5.71. The second kappa shape index (κ2) is 102. The lowest BCUT2D eigenvalue weighted by Gasteiger charge is -2.31. The molecule has 0 spiro atoms. The molecule has 0 aliphatic carbocycles. The number of carbonyl (C=O) groups is 5. The minimum Gasteiger partial charge on any atom is -0.457 e. The van der Waals surface area contributed by atoms with Crippen molar-refractivity contribution in [3.63, 3.8) is 0 Å². The van der Waals surface area contributed by atoms with Gasteiger partial charge in [0, 0.05) is 61.7 Å². The van der Waals surface area contributed by atoms with Crippen molar-refractivity contribution in [3.05, 3.63) is 72.9 Å². The Bertz CT molecular complexity index is 2970. The molecule has 0 N–H and O–H groups in total. The Morgan fingerprint density at radius 1 is 0.189 bits per heavy atom. The van der Waals surface area contributed by atoms with Gasteiger partial charge in [-0.1, -0.05) is 446 Å². The maximum atomic E-state index is 11.9. The summed E-state index contributed by atoms with van der Waals surface area (Å²) in [6.07, 6.45) is 104. The highest BCUT2D eigenvalue weighted by atomic mass is 16.7. The summed E-state index contributed by atoms with van der Waals surface area (Å²) in [7, 11) is 0. The molecular formula is C123H224O20. The van der Waals surface area contributed by atoms with Gasteiger partial charge in [-0.3, -0.25) is 24.0 Å². The summed E-state index contributed by atoms with van der Waals surface area (Å²) in [5.41, 5.74) is 0. The van der Waals surface area contributed by atoms with E-state index in [4.69, 9.17) is 71.1 Å². The van der Waals surface area contributed by atoms with Crippen LogP contribution in [0.3, 0.4) is 0 Å². The Morgan fingerprint density at radius 2 is 0.322 bits per heavy atom. The summed E-state index contributed by atoms with van der Waals surface area (Å²) >= 11 is 0. The van der Waals surface area contributed by atoms with Crippen LogP contribution in [0, 0.1) is 29.6 Å². The number of carbonyl (C=O) groups excluding carboxylic acids is 5. The summed E-state index contributed by atoms with van der Waals surface area (Å²) in [4.78, 5) is 59.6. The van der Waals surface area contributed by atoms with E-state index in [0.29, 0.717) is 128 Å². The number of rotatable bonds is 82. The molecule has 5 rings (SSSR count). The third-order valence-corrected chi connectivity index (χ3v) is 26.2. The van der Waals surface area contributed by atoms with Gasteiger partial charge >= 0.3 is 29.8 Å². The average Bonchev–Trinajstić information content (AvgIpc) is 0.909. The summed E-state index contributed by atoms with van der Waals surface area (Å²) < 4.78 is 83.0. The standard InChI is InChI=1S/C25H48O4.C25H46O4.C25H44O4.C25H42O4.C23H44O4/c4*1-4-5-6-7-8-9-10-11-12-13-14-15-16-17-18-19-24(26)29-23-20-27-25(22(2)3)28-21-23;1-4-5-6-7-8-9-10-11-12-13-14-15-16-17-22(24)27-21-18-25-23(20(2)3)26-19-21/h22-23,25H,4-21H2,1-3H3;11-12,22-23,25H,4-10,13-21H2,1-3H3;8-9,11-12,22-23,25H,4-7,10,13-21H2,1-3H3;5-6,8-9,11-12,22-23,25H,4,7,10,13-21H2,1-3H3;20-21,23H,4-19H2,1-3H3/b;12-11+;9-8+,12-11+;6-5+,9-8+,12-11+;. The lowest BCUT2D eigenvalue weighted by Crippen LogP contribution is -2.40. The number of ether oxygens (including phenoxy) is 15. The molecule has 0 bridgehead atoms. The summed E-state index contributed by atoms with van der Waals surface area (Å²) in [6, 6.07) is 0. The van der Waals surface area contributed by atoms with E-state index in [1.54, 1.807) is 0 Å². The number of unbranched alkanes of at least 4 members (excludes halogenated alkanes) is 50. The van der Waals surface area contributed by atoms with Gasteiger partial charge in [0.2, 0.25) is 0 Å². The molecule has 836 valence electrons. The predicted octanol–water partition coefficient (Wildman–Crippen LogP) is 33.8. The molecule has 0 unspecified atom stereocenters. The molecule has 5 aliphatic heterocycles. The van der Waals surface area contributed by atoms with Gasteiger partial charge in [0.1, 0.15) is 30.5 Å². The topological polar surface area (TPSA) is 224 Å². The van der Waals surface area contributed by atoms with Crippen LogP contribution in [0.4, 0.5) is 0 Å². The van der Waals surface area contributed by atoms with Crippen molar-refractivity contribution >= 4 is 29.8 Å². The van der Waals surface area contributed by atoms with Crippen molar-refractivity contribution in [2.24, 2.45) is 29.6 Å². The summed E-state index contributed by atoms with van der Waals surface area (Å²) in [5, 5.41) is 0. The van der Waals surface area contributed by atoms with E-state index >= 15 is 0 Å². The zero-order chi connectivity index (χ0) is 104. The molecule has 143 heavy (non-hydrogen) atoms. The van der Waals surface area contributed by atoms with Crippen LogP contribution in [-0.2, 0) is 95.0 Å². The predicted molar refractivity (Wildman–Crippen MR) is 590 cm³/mol. The minimum absolute atomic E-state index is 0.111. The van der Waals surface area contributed by atoms with Crippen LogP contribution in [0.5, 0.6) is 0 Å². The minimum atomic E-state index is -0.257. The van der Waals surface area contributed by atoms with Crippen LogP contribution in [0.25, 0.3) is 0 Å². The monoisotopic (exact) mass is 2020 g/mol. The summed E-state index contributed by atoms with van der Waals surface area (Å²) in [6.45, 7) is 36.3. The smallest absolute Gasteiger partial charge is 0.306 e. The SMILES string of the molecule is CC/C=C/C/C=C/C/C=C/CCCCCCCC(=O)OC1COC(C(C)C)OC1.CCCCC/C=C/C/C=C/CCCCCCCC(=O)OC1COC(C(C)C)OC1.CCCCCCCC/C=C/CCCCCCCC(=O)OC1COC(C(C)C)OC1.CCCCCCCCCCCCCCCC(=O)OC1COC(C(C)C)OC1.CCCCCCCCCCCCCCCCCC(=O)OC1COC(C(C)C)OC1. The van der Waals surface area contributed by atoms with Crippen LogP contribution in [0.15, 0.2) is 72.9 Å². The zero-order valence-corrected chi connectivity index (χ0v) is 95.0. The highest BCUT2D eigenvalue weighted by Gasteiger charge is 2.32. The lowest BCUT2D eigenvalue weighted by molar-refractivity contribution is -0.239. The molecule has 0 aromatic carbocycles. The molecule has 5 saturated heterocycles. The number of allylic oxidation sites excluding steroid dienone is 12. The first-order valence-corrected chi connectivity index (χ1v) is 59.7. The molecule has 20 heteroatoms. The quantitative estimate of drug-likeness (QED) is 0.0239. The maximum Gasteiger partial charge on any atom is 0.306 e. The first kappa shape index (κ1) is 136. The van der Waals surface area contributed by atoms with Gasteiger partial charge in [0.15, 0.2) is 31.5 Å². The van der Waals surface area contributed by atoms with E-state index in [1.165, 1.54) is 289 Å². The van der Waals surface area contributed by atoms with Crippen molar-refractivity contribution in [2.45, 2.75) is 590 Å². The Hall–Kier alpha value is -4.61. The van der Waals surface area contributed by atoms with Gasteiger partial charge in [-0.05, 0) is 122 Å². The molecule has 0 saturated carbocycles. The van der Waals surface area contributed by atoms with Crippen LogP contribution in [-0.4, -0.2) is 158 Å². The first-order chi connectivity index (χ1) is 69.7. The fourth-order valence-corrected chi connectivity index (χ4v) is 17.2. The van der Waals surface area contributed by atoms with Crippen molar-refractivity contribution in [2.75, 3.05) is 66.1 Å². The largest absolute Gasteiger partial charge is 0.457 e. The van der Waals surface area contributed by atoms with Gasteiger partial charge in [-0.2, -0.15) is 0 Å². The second-order valence-electron chi connectivity index (χ2n) is 42.6. The molecule has 20 nitrogen and oxygen atoms in total. The molecule has 5 heterocycles. The first-order valence-electron chi connectivity index (χ1n) is 59.7. The van der Waals surface area contributed by atoms with Gasteiger partial charge in [-0.15, -0.1) is 0 Å². The summed E-state index contributed by atoms with van der Waals surface area (Å²) in [5.74, 6) is 1.00. The van der Waals surface area contributed by atoms with Crippen LogP contribution < -0.4 is 0 Å². The van der Waals surface area contributed by atoms with E-state index in [1.807, 2.05) is 0 Å². The van der Waals surface area contributed by atoms with E-state index in [0.717, 1.165) is 103 Å². The van der Waals surface area contributed by atoms with Crippen LogP contribution in [0.1, 0.15) is 528 Å². The van der Waals surface area contributed by atoms with Crippen LogP contribution in [0.2, 0.25) is 0 Å². The third-order valence-electron chi connectivity index (χ3n) is 26.2. The molecule has 0 amide bonds. The third kappa shape index (κ3) is 88.8. The van der Waals surface area contributed by atoms with E-state index < -0.39 is 0 Å². The van der Waals surface area contributed by atoms with E-state index in [-0.39, 0.29) is 91.8 Å². The van der Waals surface area contributed by atoms with E-state index in [2.05, 4.69) is 177 Å². The van der Waals surface area contributed by atoms with Gasteiger partial charge < -0.3 is 71.1 Å². The Kier molecular flexibility index (Phi) is 97.2. The zero-order valence-electron chi connectivity index (χ0n) is 95.0. The molecule has 0 radical (unpaired) electrons. The Balaban J connectivity index is 0.000000894. The molecule has 0 aromatic rings. The van der Waals surface area contributed by atoms with Crippen molar-refractivity contribution in [1.82, 2.24) is 0 Å². The average molecular weight is 2020 g/mol. The van der Waals surface area contributed by atoms with Gasteiger partial charge in [0.25, 0.3) is 0 Å². The molecule has 5 aliphatic rings.